The quantitative estimate of drug-likeness (QED) is 0.456. The zero-order chi connectivity index (χ0) is 31.3. The van der Waals surface area contributed by atoms with E-state index in [1.165, 1.54) is 0 Å². The molecule has 3 N–H and O–H groups in total. The van der Waals surface area contributed by atoms with Gasteiger partial charge in [-0.15, -0.1) is 0 Å². The van der Waals surface area contributed by atoms with E-state index in [2.05, 4.69) is 35.9 Å². The molecular weight excluding hydrogens is 546 g/mol. The van der Waals surface area contributed by atoms with Crippen LogP contribution in [-0.4, -0.2) is 59.8 Å². The van der Waals surface area contributed by atoms with E-state index in [4.69, 9.17) is 14.5 Å². The number of ether oxygens (including phenoxy) is 2. The molecule has 1 fully saturated rings. The van der Waals surface area contributed by atoms with Crippen molar-refractivity contribution in [2.24, 2.45) is 4.99 Å². The highest BCUT2D eigenvalue weighted by atomic mass is 16.5. The van der Waals surface area contributed by atoms with Crippen LogP contribution in [0.5, 0.6) is 11.5 Å². The molecule has 1 atom stereocenters. The summed E-state index contributed by atoms with van der Waals surface area (Å²) < 4.78 is 12.2. The van der Waals surface area contributed by atoms with Crippen LogP contribution in [0.25, 0.3) is 0 Å². The maximum atomic E-state index is 13.5. The molecule has 0 aliphatic carbocycles. The van der Waals surface area contributed by atoms with Gasteiger partial charge in [0.25, 0.3) is 5.91 Å². The summed E-state index contributed by atoms with van der Waals surface area (Å²) >= 11 is 0. The molecule has 3 aliphatic rings. The highest BCUT2D eigenvalue weighted by molar-refractivity contribution is 6.17. The van der Waals surface area contributed by atoms with Crippen molar-refractivity contribution >= 4 is 23.4 Å². The lowest BCUT2D eigenvalue weighted by molar-refractivity contribution is -0.130. The molecule has 2 aromatic rings. The fraction of sp³-hybridized carbons (Fsp3) is 0.485. The molecule has 1 saturated heterocycles. The Balaban J connectivity index is 1.53. The lowest BCUT2D eigenvalue weighted by Crippen LogP contribution is -2.57. The van der Waals surface area contributed by atoms with E-state index in [1.54, 1.807) is 39.2 Å². The van der Waals surface area contributed by atoms with Crippen molar-refractivity contribution < 1.29 is 23.9 Å². The van der Waals surface area contributed by atoms with Crippen LogP contribution in [-0.2, 0) is 28.9 Å². The summed E-state index contributed by atoms with van der Waals surface area (Å²) in [6.07, 6.45) is 1.92. The lowest BCUT2D eigenvalue weighted by atomic mass is 9.78. The second-order valence-electron chi connectivity index (χ2n) is 13.3. The number of carbonyl (C=O) groups is 3. The highest BCUT2D eigenvalue weighted by Gasteiger charge is 2.42. The summed E-state index contributed by atoms with van der Waals surface area (Å²) in [6.45, 7) is 11.9. The monoisotopic (exact) mass is 585 g/mol. The summed E-state index contributed by atoms with van der Waals surface area (Å²) in [5.74, 6) is 0.144. The molecule has 10 nitrogen and oxygen atoms in total. The number of nitrogens with one attached hydrogen (secondary N) is 3. The number of benzene rings is 2. The average molecular weight is 586 g/mol. The summed E-state index contributed by atoms with van der Waals surface area (Å²) in [6, 6.07) is 8.87. The van der Waals surface area contributed by atoms with Gasteiger partial charge in [-0.1, -0.05) is 12.1 Å². The van der Waals surface area contributed by atoms with Crippen LogP contribution in [0.3, 0.4) is 0 Å². The van der Waals surface area contributed by atoms with Crippen molar-refractivity contribution in [1.82, 2.24) is 16.0 Å². The molecule has 3 aliphatic heterocycles. The van der Waals surface area contributed by atoms with Crippen molar-refractivity contribution in [3.8, 4) is 17.6 Å². The van der Waals surface area contributed by atoms with Crippen LogP contribution in [0, 0.1) is 11.3 Å². The lowest BCUT2D eigenvalue weighted by Gasteiger charge is -2.33. The highest BCUT2D eigenvalue weighted by Crippen LogP contribution is 2.50. The number of hydrogen-bond donors (Lipinski definition) is 3. The van der Waals surface area contributed by atoms with E-state index in [0.29, 0.717) is 42.9 Å². The molecule has 0 spiro atoms. The van der Waals surface area contributed by atoms with Crippen molar-refractivity contribution in [3.63, 3.8) is 0 Å². The SMILES string of the molecule is COc1c(CC#N)c2c(c3c1OC(C)(C)C3)C(c1cccc(C(=O)NC(C)(C)C(=O)NC3CCNC3=O)c1)=NC(C)(C)C2. The van der Waals surface area contributed by atoms with Gasteiger partial charge in [-0.05, 0) is 72.1 Å². The zero-order valence-electron chi connectivity index (χ0n) is 25.9. The molecule has 43 heavy (non-hydrogen) atoms. The largest absolute Gasteiger partial charge is 0.493 e. The zero-order valence-corrected chi connectivity index (χ0v) is 25.9. The number of nitrogens with zero attached hydrogens (tertiary/aromatic N) is 2. The Morgan fingerprint density at radius 3 is 2.60 bits per heavy atom. The van der Waals surface area contributed by atoms with Crippen molar-refractivity contribution in [2.75, 3.05) is 13.7 Å². The summed E-state index contributed by atoms with van der Waals surface area (Å²) in [7, 11) is 1.60. The van der Waals surface area contributed by atoms with Crippen molar-refractivity contribution in [1.29, 1.82) is 5.26 Å². The first kappa shape index (κ1) is 30.1. The minimum Gasteiger partial charge on any atom is -0.493 e. The van der Waals surface area contributed by atoms with E-state index in [0.717, 1.165) is 33.5 Å². The molecule has 3 heterocycles. The molecule has 226 valence electrons. The Bertz CT molecular complexity index is 1600. The molecule has 10 heteroatoms. The minimum absolute atomic E-state index is 0.161. The number of nitriles is 1. The van der Waals surface area contributed by atoms with Crippen molar-refractivity contribution in [3.05, 3.63) is 57.6 Å². The molecule has 0 bridgehead atoms. The standard InChI is InChI=1S/C33H39N5O5/c1-31(2)16-21-20(11-13-34)26(42-7)27-22(17-32(3,4)43-27)24(21)25(37-31)18-9-8-10-19(15-18)28(39)38-33(5,6)30(41)36-23-12-14-35-29(23)40/h8-10,15,23H,11-12,14,16-17H2,1-7H3,(H,35,40)(H,36,41)(H,38,39). The third kappa shape index (κ3) is 5.68. The Labute approximate surface area is 252 Å². The Morgan fingerprint density at radius 1 is 1.21 bits per heavy atom. The molecule has 1 unspecified atom stereocenters. The number of methoxy groups -OCH3 is 1. The molecule has 2 aromatic carbocycles. The third-order valence-electron chi connectivity index (χ3n) is 8.17. The fourth-order valence-electron chi connectivity index (χ4n) is 6.17. The predicted molar refractivity (Wildman–Crippen MR) is 162 cm³/mol. The predicted octanol–water partition coefficient (Wildman–Crippen LogP) is 3.16. The maximum absolute atomic E-state index is 13.5. The second kappa shape index (κ2) is 10.7. The van der Waals surface area contributed by atoms with Crippen LogP contribution >= 0.6 is 0 Å². The van der Waals surface area contributed by atoms with E-state index < -0.39 is 34.5 Å². The first-order valence-electron chi connectivity index (χ1n) is 14.6. The third-order valence-corrected chi connectivity index (χ3v) is 8.17. The van der Waals surface area contributed by atoms with E-state index in [9.17, 15) is 19.6 Å². The molecule has 3 amide bonds. The van der Waals surface area contributed by atoms with Crippen LogP contribution in [0.15, 0.2) is 29.3 Å². The number of carbonyl (C=O) groups excluding carboxylic acids is 3. The number of hydrogen-bond acceptors (Lipinski definition) is 7. The van der Waals surface area contributed by atoms with Gasteiger partial charge in [0.2, 0.25) is 11.8 Å². The molecule has 0 radical (unpaired) electrons. The molecular formula is C33H39N5O5. The number of aliphatic imine (C=N–C) groups is 1. The van der Waals surface area contributed by atoms with Gasteiger partial charge in [-0.3, -0.25) is 19.4 Å². The smallest absolute Gasteiger partial charge is 0.252 e. The first-order valence-corrected chi connectivity index (χ1v) is 14.6. The normalized spacial score (nSPS) is 19.6. The first-order chi connectivity index (χ1) is 20.2. The van der Waals surface area contributed by atoms with Gasteiger partial charge in [-0.2, -0.15) is 5.26 Å². The maximum Gasteiger partial charge on any atom is 0.252 e. The molecule has 5 rings (SSSR count). The van der Waals surface area contributed by atoms with Gasteiger partial charge < -0.3 is 25.4 Å². The van der Waals surface area contributed by atoms with Gasteiger partial charge >= 0.3 is 0 Å². The Morgan fingerprint density at radius 2 is 1.95 bits per heavy atom. The Hall–Kier alpha value is -4.39. The number of rotatable bonds is 7. The van der Waals surface area contributed by atoms with Gasteiger partial charge in [0.05, 0.1) is 30.9 Å². The van der Waals surface area contributed by atoms with Crippen molar-refractivity contribution in [2.45, 2.75) is 89.9 Å². The fourth-order valence-corrected chi connectivity index (χ4v) is 6.17. The summed E-state index contributed by atoms with van der Waals surface area (Å²) in [5.41, 5.74) is 3.34. The summed E-state index contributed by atoms with van der Waals surface area (Å²) in [4.78, 5) is 43.6. The van der Waals surface area contributed by atoms with Gasteiger partial charge in [-0.25, -0.2) is 0 Å². The number of amides is 3. The topological polar surface area (TPSA) is 142 Å². The summed E-state index contributed by atoms with van der Waals surface area (Å²) in [5, 5.41) is 18.0. The van der Waals surface area contributed by atoms with Gasteiger partial charge in [0, 0.05) is 40.8 Å². The van der Waals surface area contributed by atoms with Crippen LogP contribution in [0.1, 0.15) is 86.1 Å². The van der Waals surface area contributed by atoms with Crippen LogP contribution < -0.4 is 25.4 Å². The van der Waals surface area contributed by atoms with E-state index >= 15 is 0 Å². The minimum atomic E-state index is -1.26. The average Bonchev–Trinajstić information content (AvgIpc) is 3.48. The van der Waals surface area contributed by atoms with E-state index in [1.807, 2.05) is 19.9 Å². The molecule has 0 saturated carbocycles. The van der Waals surface area contributed by atoms with Crippen LogP contribution in [0.4, 0.5) is 0 Å². The van der Waals surface area contributed by atoms with Gasteiger partial charge in [0.15, 0.2) is 11.5 Å². The van der Waals surface area contributed by atoms with E-state index in [-0.39, 0.29) is 12.3 Å². The Kier molecular flexibility index (Phi) is 7.49. The van der Waals surface area contributed by atoms with Crippen LogP contribution in [0.2, 0.25) is 0 Å². The van der Waals surface area contributed by atoms with Gasteiger partial charge in [0.1, 0.15) is 17.2 Å². The number of fused-ring (bicyclic) bond motifs is 3. The molecule has 0 aromatic heterocycles. The second-order valence-corrected chi connectivity index (χ2v) is 13.3.